The number of halogens is 2. The fraction of sp³-hybridized carbons (Fsp3) is 0.0476. The Hall–Kier alpha value is -3.18. The summed E-state index contributed by atoms with van der Waals surface area (Å²) in [4.78, 5) is 11.9. The lowest BCUT2D eigenvalue weighted by Gasteiger charge is -2.08. The number of rotatable bonds is 6. The van der Waals surface area contributed by atoms with Gasteiger partial charge in [0.25, 0.3) is 5.91 Å². The lowest BCUT2D eigenvalue weighted by Crippen LogP contribution is -2.17. The third-order valence-corrected chi connectivity index (χ3v) is 4.07. The average Bonchev–Trinajstić information content (AvgIpc) is 2.68. The number of benzene rings is 3. The predicted octanol–water partition coefficient (Wildman–Crippen LogP) is 4.82. The number of hydrogen-bond acceptors (Lipinski definition) is 3. The van der Waals surface area contributed by atoms with Crippen LogP contribution in [-0.2, 0) is 6.61 Å². The number of hydrazone groups is 1. The zero-order valence-corrected chi connectivity index (χ0v) is 15.0. The molecule has 0 fully saturated rings. The molecule has 27 heavy (non-hydrogen) atoms. The van der Waals surface area contributed by atoms with E-state index in [1.165, 1.54) is 30.5 Å². The standard InChI is InChI=1S/C21H16ClFN2O2/c22-20-7-2-1-5-17(20)14-27-19-6-3-4-15(12-19)13-24-25-21(26)16-8-10-18(23)11-9-16/h1-13H,14H2,(H,25,26)/b24-13-. The normalized spacial score (nSPS) is 10.7. The van der Waals surface area contributed by atoms with Gasteiger partial charge in [-0.3, -0.25) is 4.79 Å². The van der Waals surface area contributed by atoms with E-state index in [0.29, 0.717) is 22.9 Å². The van der Waals surface area contributed by atoms with Crippen LogP contribution in [0.15, 0.2) is 77.9 Å². The second-order valence-electron chi connectivity index (χ2n) is 5.66. The van der Waals surface area contributed by atoms with Gasteiger partial charge in [0.05, 0.1) is 6.21 Å². The Balaban J connectivity index is 1.58. The number of nitrogens with zero attached hydrogens (tertiary/aromatic N) is 1. The zero-order valence-electron chi connectivity index (χ0n) is 14.2. The van der Waals surface area contributed by atoms with E-state index in [-0.39, 0.29) is 0 Å². The van der Waals surface area contributed by atoms with E-state index in [2.05, 4.69) is 10.5 Å². The SMILES string of the molecule is O=C(N/N=C\c1cccc(OCc2ccccc2Cl)c1)c1ccc(F)cc1. The van der Waals surface area contributed by atoms with E-state index in [1.54, 1.807) is 6.07 Å². The summed E-state index contributed by atoms with van der Waals surface area (Å²) in [6.07, 6.45) is 1.50. The molecular formula is C21H16ClFN2O2. The van der Waals surface area contributed by atoms with Crippen molar-refractivity contribution in [2.45, 2.75) is 6.61 Å². The molecule has 1 amide bonds. The smallest absolute Gasteiger partial charge is 0.271 e. The van der Waals surface area contributed by atoms with E-state index in [0.717, 1.165) is 11.1 Å². The van der Waals surface area contributed by atoms with Crippen LogP contribution in [0.25, 0.3) is 0 Å². The summed E-state index contributed by atoms with van der Waals surface area (Å²) in [5.41, 5.74) is 4.37. The van der Waals surface area contributed by atoms with Gasteiger partial charge in [0.2, 0.25) is 0 Å². The Kier molecular flexibility index (Phi) is 6.18. The van der Waals surface area contributed by atoms with Crippen molar-refractivity contribution in [3.8, 4) is 5.75 Å². The highest BCUT2D eigenvalue weighted by Crippen LogP contribution is 2.19. The minimum Gasteiger partial charge on any atom is -0.489 e. The maximum absolute atomic E-state index is 12.9. The first-order chi connectivity index (χ1) is 13.1. The molecule has 0 unspecified atom stereocenters. The Bertz CT molecular complexity index is 958. The second-order valence-corrected chi connectivity index (χ2v) is 6.07. The molecule has 3 aromatic carbocycles. The number of ether oxygens (including phenoxy) is 1. The molecule has 0 radical (unpaired) electrons. The van der Waals surface area contributed by atoms with Crippen LogP contribution in [0, 0.1) is 5.82 Å². The largest absolute Gasteiger partial charge is 0.489 e. The number of amides is 1. The van der Waals surface area contributed by atoms with Crippen molar-refractivity contribution in [1.82, 2.24) is 5.43 Å². The van der Waals surface area contributed by atoms with Crippen molar-refractivity contribution in [3.05, 3.63) is 100 Å². The van der Waals surface area contributed by atoms with Crippen molar-refractivity contribution >= 4 is 23.7 Å². The van der Waals surface area contributed by atoms with E-state index >= 15 is 0 Å². The number of carbonyl (C=O) groups is 1. The molecule has 4 nitrogen and oxygen atoms in total. The van der Waals surface area contributed by atoms with Crippen LogP contribution in [0.5, 0.6) is 5.75 Å². The number of nitrogens with one attached hydrogen (secondary N) is 1. The van der Waals surface area contributed by atoms with E-state index in [4.69, 9.17) is 16.3 Å². The Morgan fingerprint density at radius 1 is 1.07 bits per heavy atom. The van der Waals surface area contributed by atoms with Gasteiger partial charge < -0.3 is 4.74 Å². The molecule has 0 saturated heterocycles. The fourth-order valence-electron chi connectivity index (χ4n) is 2.29. The van der Waals surface area contributed by atoms with Gasteiger partial charge in [-0.2, -0.15) is 5.10 Å². The predicted molar refractivity (Wildman–Crippen MR) is 104 cm³/mol. The van der Waals surface area contributed by atoms with Gasteiger partial charge >= 0.3 is 0 Å². The highest BCUT2D eigenvalue weighted by molar-refractivity contribution is 6.31. The van der Waals surface area contributed by atoms with Crippen LogP contribution in [0.3, 0.4) is 0 Å². The number of carbonyl (C=O) groups excluding carboxylic acids is 1. The maximum atomic E-state index is 12.9. The van der Waals surface area contributed by atoms with Gasteiger partial charge in [-0.1, -0.05) is 41.9 Å². The monoisotopic (exact) mass is 382 g/mol. The molecule has 0 aliphatic carbocycles. The highest BCUT2D eigenvalue weighted by Gasteiger charge is 2.04. The van der Waals surface area contributed by atoms with Gasteiger partial charge in [0, 0.05) is 16.1 Å². The van der Waals surface area contributed by atoms with Gasteiger partial charge in [0.1, 0.15) is 18.2 Å². The minimum absolute atomic E-state index is 0.324. The molecule has 0 atom stereocenters. The third-order valence-electron chi connectivity index (χ3n) is 3.70. The van der Waals surface area contributed by atoms with Gasteiger partial charge in [0.15, 0.2) is 0 Å². The topological polar surface area (TPSA) is 50.7 Å². The van der Waals surface area contributed by atoms with Crippen molar-refractivity contribution < 1.29 is 13.9 Å². The minimum atomic E-state index is -0.419. The van der Waals surface area contributed by atoms with Crippen molar-refractivity contribution in [2.24, 2.45) is 5.10 Å². The molecule has 0 aromatic heterocycles. The van der Waals surface area contributed by atoms with Crippen LogP contribution in [-0.4, -0.2) is 12.1 Å². The number of hydrogen-bond donors (Lipinski definition) is 1. The van der Waals surface area contributed by atoms with Crippen LogP contribution in [0.4, 0.5) is 4.39 Å². The van der Waals surface area contributed by atoms with Crippen LogP contribution in [0.1, 0.15) is 21.5 Å². The summed E-state index contributed by atoms with van der Waals surface area (Å²) >= 11 is 6.12. The zero-order chi connectivity index (χ0) is 19.1. The average molecular weight is 383 g/mol. The molecule has 3 rings (SSSR count). The summed E-state index contributed by atoms with van der Waals surface area (Å²) in [5.74, 6) is -0.162. The lowest BCUT2D eigenvalue weighted by molar-refractivity contribution is 0.0955. The Labute approximate surface area is 161 Å². The van der Waals surface area contributed by atoms with Crippen molar-refractivity contribution in [3.63, 3.8) is 0 Å². The maximum Gasteiger partial charge on any atom is 0.271 e. The summed E-state index contributed by atoms with van der Waals surface area (Å²) in [7, 11) is 0. The Morgan fingerprint density at radius 3 is 2.63 bits per heavy atom. The molecule has 3 aromatic rings. The van der Waals surface area contributed by atoms with Gasteiger partial charge in [-0.25, -0.2) is 9.82 Å². The second kappa shape index (κ2) is 8.96. The lowest BCUT2D eigenvalue weighted by atomic mass is 10.2. The molecule has 0 aliphatic heterocycles. The first kappa shape index (κ1) is 18.6. The quantitative estimate of drug-likeness (QED) is 0.490. The van der Waals surface area contributed by atoms with E-state index < -0.39 is 11.7 Å². The summed E-state index contributed by atoms with van der Waals surface area (Å²) in [6, 6.07) is 20.0. The third kappa shape index (κ3) is 5.39. The van der Waals surface area contributed by atoms with E-state index in [9.17, 15) is 9.18 Å². The molecule has 0 spiro atoms. The molecule has 0 heterocycles. The van der Waals surface area contributed by atoms with E-state index in [1.807, 2.05) is 42.5 Å². The molecule has 0 aliphatic rings. The van der Waals surface area contributed by atoms with Crippen molar-refractivity contribution in [2.75, 3.05) is 0 Å². The van der Waals surface area contributed by atoms with Crippen LogP contribution >= 0.6 is 11.6 Å². The molecule has 6 heteroatoms. The molecule has 0 bridgehead atoms. The molecular weight excluding hydrogens is 367 g/mol. The van der Waals surface area contributed by atoms with Crippen LogP contribution < -0.4 is 10.2 Å². The van der Waals surface area contributed by atoms with Crippen LogP contribution in [0.2, 0.25) is 5.02 Å². The first-order valence-electron chi connectivity index (χ1n) is 8.17. The fourth-order valence-corrected chi connectivity index (χ4v) is 2.48. The summed E-state index contributed by atoms with van der Waals surface area (Å²) in [6.45, 7) is 0.349. The summed E-state index contributed by atoms with van der Waals surface area (Å²) in [5, 5.41) is 4.57. The van der Waals surface area contributed by atoms with Gasteiger partial charge in [-0.05, 0) is 48.0 Å². The summed E-state index contributed by atoms with van der Waals surface area (Å²) < 4.78 is 18.6. The molecule has 1 N–H and O–H groups in total. The van der Waals surface area contributed by atoms with Crippen molar-refractivity contribution in [1.29, 1.82) is 0 Å². The highest BCUT2D eigenvalue weighted by atomic mass is 35.5. The Morgan fingerprint density at radius 2 is 1.85 bits per heavy atom. The molecule has 0 saturated carbocycles. The first-order valence-corrected chi connectivity index (χ1v) is 8.55. The van der Waals surface area contributed by atoms with Gasteiger partial charge in [-0.15, -0.1) is 0 Å². The molecule has 136 valence electrons.